The predicted molar refractivity (Wildman–Crippen MR) is 73.8 cm³/mol. The van der Waals surface area contributed by atoms with Crippen LogP contribution in [0, 0.1) is 18.3 Å². The summed E-state index contributed by atoms with van der Waals surface area (Å²) in [5.74, 6) is 0.711. The molecule has 0 spiro atoms. The van der Waals surface area contributed by atoms with E-state index in [1.165, 1.54) is 17.5 Å². The van der Waals surface area contributed by atoms with Gasteiger partial charge in [-0.25, -0.2) is 0 Å². The fourth-order valence-electron chi connectivity index (χ4n) is 3.97. The average molecular weight is 231 g/mol. The lowest BCUT2D eigenvalue weighted by molar-refractivity contribution is 0.107. The molecule has 1 saturated carbocycles. The van der Waals surface area contributed by atoms with Gasteiger partial charge >= 0.3 is 0 Å². The molecule has 0 radical (unpaired) electrons. The molecule has 0 aliphatic heterocycles. The predicted octanol–water partition coefficient (Wildman–Crippen LogP) is 4.00. The van der Waals surface area contributed by atoms with E-state index in [1.54, 1.807) is 0 Å². The van der Waals surface area contributed by atoms with Gasteiger partial charge in [-0.15, -0.1) is 0 Å². The van der Waals surface area contributed by atoms with E-state index < -0.39 is 0 Å². The molecule has 2 rings (SSSR count). The van der Waals surface area contributed by atoms with Crippen molar-refractivity contribution in [2.45, 2.75) is 52.5 Å². The number of hydrogen-bond acceptors (Lipinski definition) is 1. The van der Waals surface area contributed by atoms with E-state index in [1.807, 2.05) is 0 Å². The highest BCUT2D eigenvalue weighted by molar-refractivity contribution is 5.33. The highest BCUT2D eigenvalue weighted by atomic mass is 14.8. The Kier molecular flexibility index (Phi) is 3.07. The third-order valence-electron chi connectivity index (χ3n) is 4.09. The average Bonchev–Trinajstić information content (AvgIpc) is 2.13. The monoisotopic (exact) mass is 231 g/mol. The van der Waals surface area contributed by atoms with Crippen LogP contribution in [0.4, 0.5) is 0 Å². The summed E-state index contributed by atoms with van der Waals surface area (Å²) < 4.78 is 0. The van der Waals surface area contributed by atoms with Gasteiger partial charge in [0.1, 0.15) is 0 Å². The van der Waals surface area contributed by atoms with E-state index >= 15 is 0 Å². The van der Waals surface area contributed by atoms with Crippen LogP contribution in [0.5, 0.6) is 0 Å². The summed E-state index contributed by atoms with van der Waals surface area (Å²) in [5, 5.41) is 0. The molecule has 17 heavy (non-hydrogen) atoms. The molecule has 1 fully saturated rings. The van der Waals surface area contributed by atoms with Crippen molar-refractivity contribution < 1.29 is 0 Å². The van der Waals surface area contributed by atoms with Crippen molar-refractivity contribution in [1.82, 2.24) is 0 Å². The highest BCUT2D eigenvalue weighted by Gasteiger charge is 2.41. The third-order valence-corrected chi connectivity index (χ3v) is 4.09. The SMILES string of the molecule is Cc1ccccc1C1(N)CC(C)CC(C)(C)C1. The zero-order chi connectivity index (χ0) is 12.7. The molecule has 1 aliphatic rings. The smallest absolute Gasteiger partial charge is 0.0419 e. The number of benzene rings is 1. The van der Waals surface area contributed by atoms with Crippen LogP contribution in [-0.2, 0) is 5.54 Å². The van der Waals surface area contributed by atoms with E-state index in [0.717, 1.165) is 12.8 Å². The van der Waals surface area contributed by atoms with Crippen molar-refractivity contribution in [2.24, 2.45) is 17.1 Å². The normalized spacial score (nSPS) is 32.4. The largest absolute Gasteiger partial charge is 0.321 e. The first-order chi connectivity index (χ1) is 7.82. The van der Waals surface area contributed by atoms with Crippen LogP contribution in [0.3, 0.4) is 0 Å². The molecule has 2 atom stereocenters. The molecule has 1 aliphatic carbocycles. The van der Waals surface area contributed by atoms with Crippen LogP contribution < -0.4 is 5.73 Å². The van der Waals surface area contributed by atoms with Gasteiger partial charge in [-0.2, -0.15) is 0 Å². The zero-order valence-electron chi connectivity index (χ0n) is 11.6. The fraction of sp³-hybridized carbons (Fsp3) is 0.625. The molecular formula is C16H25N. The molecule has 1 heteroatoms. The molecule has 2 unspecified atom stereocenters. The Labute approximate surface area is 105 Å². The standard InChI is InChI=1S/C16H25N/c1-12-9-15(3,4)11-16(17,10-12)14-8-6-5-7-13(14)2/h5-8,12H,9-11,17H2,1-4H3. The van der Waals surface area contributed by atoms with Gasteiger partial charge in [0.25, 0.3) is 0 Å². The third kappa shape index (κ3) is 2.55. The summed E-state index contributed by atoms with van der Waals surface area (Å²) in [7, 11) is 0. The Balaban J connectivity index is 2.39. The Morgan fingerprint density at radius 2 is 1.82 bits per heavy atom. The van der Waals surface area contributed by atoms with Crippen LogP contribution in [0.1, 0.15) is 51.2 Å². The second-order valence-electron chi connectivity index (χ2n) is 6.83. The van der Waals surface area contributed by atoms with Crippen molar-refractivity contribution >= 4 is 0 Å². The maximum Gasteiger partial charge on any atom is 0.0419 e. The molecule has 1 aromatic rings. The second kappa shape index (κ2) is 4.13. The van der Waals surface area contributed by atoms with Crippen LogP contribution in [0.25, 0.3) is 0 Å². The molecule has 0 aromatic heterocycles. The van der Waals surface area contributed by atoms with Gasteiger partial charge < -0.3 is 5.73 Å². The molecule has 0 amide bonds. The first-order valence-electron chi connectivity index (χ1n) is 6.67. The lowest BCUT2D eigenvalue weighted by atomic mass is 9.62. The first kappa shape index (κ1) is 12.6. The molecule has 1 nitrogen and oxygen atoms in total. The molecule has 1 aromatic carbocycles. The molecule has 94 valence electrons. The van der Waals surface area contributed by atoms with Gasteiger partial charge in [0, 0.05) is 5.54 Å². The minimum atomic E-state index is -0.132. The van der Waals surface area contributed by atoms with Gasteiger partial charge in [0.15, 0.2) is 0 Å². The van der Waals surface area contributed by atoms with Crippen LogP contribution >= 0.6 is 0 Å². The highest BCUT2D eigenvalue weighted by Crippen LogP contribution is 2.47. The minimum absolute atomic E-state index is 0.132. The van der Waals surface area contributed by atoms with Crippen molar-refractivity contribution in [2.75, 3.05) is 0 Å². The topological polar surface area (TPSA) is 26.0 Å². The molecule has 0 bridgehead atoms. The number of rotatable bonds is 1. The maximum absolute atomic E-state index is 6.75. The van der Waals surface area contributed by atoms with Crippen LogP contribution in [0.2, 0.25) is 0 Å². The van der Waals surface area contributed by atoms with Crippen molar-refractivity contribution in [1.29, 1.82) is 0 Å². The first-order valence-corrected chi connectivity index (χ1v) is 6.67. The molecule has 0 saturated heterocycles. The van der Waals surface area contributed by atoms with E-state index in [4.69, 9.17) is 5.73 Å². The second-order valence-corrected chi connectivity index (χ2v) is 6.83. The molecular weight excluding hydrogens is 206 g/mol. The number of hydrogen-bond donors (Lipinski definition) is 1. The van der Waals surface area contributed by atoms with Gasteiger partial charge in [-0.3, -0.25) is 0 Å². The zero-order valence-corrected chi connectivity index (χ0v) is 11.6. The van der Waals surface area contributed by atoms with Gasteiger partial charge in [0.2, 0.25) is 0 Å². The number of aryl methyl sites for hydroxylation is 1. The summed E-state index contributed by atoms with van der Waals surface area (Å²) in [4.78, 5) is 0. The summed E-state index contributed by atoms with van der Waals surface area (Å²) >= 11 is 0. The Hall–Kier alpha value is -0.820. The minimum Gasteiger partial charge on any atom is -0.321 e. The lowest BCUT2D eigenvalue weighted by Gasteiger charge is -2.46. The van der Waals surface area contributed by atoms with E-state index in [-0.39, 0.29) is 5.54 Å². The molecule has 2 N–H and O–H groups in total. The molecule has 0 heterocycles. The summed E-state index contributed by atoms with van der Waals surface area (Å²) in [6, 6.07) is 8.60. The summed E-state index contributed by atoms with van der Waals surface area (Å²) in [6.07, 6.45) is 3.49. The fourth-order valence-corrected chi connectivity index (χ4v) is 3.97. The quantitative estimate of drug-likeness (QED) is 0.777. The van der Waals surface area contributed by atoms with Crippen molar-refractivity contribution in [3.05, 3.63) is 35.4 Å². The maximum atomic E-state index is 6.75. The van der Waals surface area contributed by atoms with Gasteiger partial charge in [0.05, 0.1) is 0 Å². The van der Waals surface area contributed by atoms with Crippen LogP contribution in [-0.4, -0.2) is 0 Å². The summed E-state index contributed by atoms with van der Waals surface area (Å²) in [6.45, 7) is 9.21. The number of nitrogens with two attached hydrogens (primary N) is 1. The van der Waals surface area contributed by atoms with Gasteiger partial charge in [-0.1, -0.05) is 45.0 Å². The summed E-state index contributed by atoms with van der Waals surface area (Å²) in [5.41, 5.74) is 9.65. The Morgan fingerprint density at radius 3 is 2.41 bits per heavy atom. The van der Waals surface area contributed by atoms with Crippen molar-refractivity contribution in [3.8, 4) is 0 Å². The Bertz CT molecular complexity index is 408. The lowest BCUT2D eigenvalue weighted by Crippen LogP contribution is -2.47. The van der Waals surface area contributed by atoms with E-state index in [0.29, 0.717) is 11.3 Å². The van der Waals surface area contributed by atoms with E-state index in [9.17, 15) is 0 Å². The van der Waals surface area contributed by atoms with E-state index in [2.05, 4.69) is 52.0 Å². The van der Waals surface area contributed by atoms with Crippen molar-refractivity contribution in [3.63, 3.8) is 0 Å². The van der Waals surface area contributed by atoms with Gasteiger partial charge in [-0.05, 0) is 48.6 Å². The van der Waals surface area contributed by atoms with Crippen LogP contribution in [0.15, 0.2) is 24.3 Å². The Morgan fingerprint density at radius 1 is 1.18 bits per heavy atom.